The van der Waals surface area contributed by atoms with E-state index in [9.17, 15) is 0 Å². The fourth-order valence-corrected chi connectivity index (χ4v) is 2.19. The standard InChI is InChI=1S/C12H15N3/c1-2-15-11-5-3-4-10(9(11)8-14-15)12(13)6-7-12/h3-5,8H,2,6-7,13H2,1H3. The largest absolute Gasteiger partial charge is 0.321 e. The SMILES string of the molecule is CCn1ncc2c(C3(N)CC3)cccc21. The Hall–Kier alpha value is -1.35. The molecule has 0 spiro atoms. The third-order valence-corrected chi connectivity index (χ3v) is 3.31. The maximum Gasteiger partial charge on any atom is 0.0685 e. The number of hydrogen-bond acceptors (Lipinski definition) is 2. The molecule has 0 aliphatic heterocycles. The minimum absolute atomic E-state index is 0.0683. The summed E-state index contributed by atoms with van der Waals surface area (Å²) < 4.78 is 2.02. The molecule has 1 fully saturated rings. The van der Waals surface area contributed by atoms with Crippen LogP contribution in [0, 0.1) is 0 Å². The second kappa shape index (κ2) is 2.83. The molecule has 3 rings (SSSR count). The van der Waals surface area contributed by atoms with Gasteiger partial charge in [-0.05, 0) is 31.4 Å². The highest BCUT2D eigenvalue weighted by molar-refractivity contribution is 5.83. The van der Waals surface area contributed by atoms with Gasteiger partial charge in [0.05, 0.1) is 11.7 Å². The quantitative estimate of drug-likeness (QED) is 0.807. The molecule has 15 heavy (non-hydrogen) atoms. The van der Waals surface area contributed by atoms with Gasteiger partial charge in [-0.2, -0.15) is 5.10 Å². The van der Waals surface area contributed by atoms with Crippen molar-refractivity contribution in [3.05, 3.63) is 30.0 Å². The van der Waals surface area contributed by atoms with E-state index in [-0.39, 0.29) is 5.54 Å². The average Bonchev–Trinajstić information content (AvgIpc) is 2.87. The van der Waals surface area contributed by atoms with Crippen LogP contribution < -0.4 is 5.73 Å². The predicted octanol–water partition coefficient (Wildman–Crippen LogP) is 2.00. The number of fused-ring (bicyclic) bond motifs is 1. The molecule has 3 heteroatoms. The van der Waals surface area contributed by atoms with E-state index in [1.807, 2.05) is 10.9 Å². The van der Waals surface area contributed by atoms with Gasteiger partial charge in [-0.3, -0.25) is 4.68 Å². The summed E-state index contributed by atoms with van der Waals surface area (Å²) in [5.74, 6) is 0. The minimum atomic E-state index is -0.0683. The Morgan fingerprint density at radius 1 is 1.47 bits per heavy atom. The van der Waals surface area contributed by atoms with E-state index in [1.165, 1.54) is 16.5 Å². The van der Waals surface area contributed by atoms with E-state index in [0.717, 1.165) is 19.4 Å². The van der Waals surface area contributed by atoms with Crippen molar-refractivity contribution in [3.8, 4) is 0 Å². The number of rotatable bonds is 2. The van der Waals surface area contributed by atoms with Crippen molar-refractivity contribution in [3.63, 3.8) is 0 Å². The van der Waals surface area contributed by atoms with Crippen LogP contribution in [0.4, 0.5) is 0 Å². The van der Waals surface area contributed by atoms with Gasteiger partial charge in [0.1, 0.15) is 0 Å². The molecule has 0 radical (unpaired) electrons. The fraction of sp³-hybridized carbons (Fsp3) is 0.417. The molecule has 0 bridgehead atoms. The molecular formula is C12H15N3. The summed E-state index contributed by atoms with van der Waals surface area (Å²) in [4.78, 5) is 0. The smallest absolute Gasteiger partial charge is 0.0685 e. The predicted molar refractivity (Wildman–Crippen MR) is 60.5 cm³/mol. The summed E-state index contributed by atoms with van der Waals surface area (Å²) in [6, 6.07) is 6.33. The number of benzene rings is 1. The van der Waals surface area contributed by atoms with Crippen LogP contribution >= 0.6 is 0 Å². The molecule has 2 N–H and O–H groups in total. The molecule has 1 heterocycles. The zero-order chi connectivity index (χ0) is 10.5. The Morgan fingerprint density at radius 2 is 2.27 bits per heavy atom. The summed E-state index contributed by atoms with van der Waals surface area (Å²) in [6.07, 6.45) is 4.15. The zero-order valence-electron chi connectivity index (χ0n) is 8.90. The lowest BCUT2D eigenvalue weighted by Crippen LogP contribution is -2.18. The van der Waals surface area contributed by atoms with Crippen LogP contribution in [-0.2, 0) is 12.1 Å². The first-order valence-electron chi connectivity index (χ1n) is 5.48. The summed E-state index contributed by atoms with van der Waals surface area (Å²) >= 11 is 0. The lowest BCUT2D eigenvalue weighted by Gasteiger charge is -2.10. The van der Waals surface area contributed by atoms with E-state index in [4.69, 9.17) is 5.73 Å². The summed E-state index contributed by atoms with van der Waals surface area (Å²) in [5.41, 5.74) is 8.64. The number of nitrogens with zero attached hydrogens (tertiary/aromatic N) is 2. The summed E-state index contributed by atoms with van der Waals surface area (Å²) in [7, 11) is 0. The van der Waals surface area contributed by atoms with Crippen molar-refractivity contribution >= 4 is 10.9 Å². The molecule has 1 aromatic heterocycles. The molecule has 1 aromatic carbocycles. The van der Waals surface area contributed by atoms with Crippen molar-refractivity contribution in [2.24, 2.45) is 5.73 Å². The van der Waals surface area contributed by atoms with Crippen LogP contribution in [0.1, 0.15) is 25.3 Å². The molecule has 0 saturated heterocycles. The number of aryl methyl sites for hydroxylation is 1. The monoisotopic (exact) mass is 201 g/mol. The third kappa shape index (κ3) is 1.20. The molecule has 0 unspecified atom stereocenters. The Balaban J connectivity index is 2.27. The minimum Gasteiger partial charge on any atom is -0.321 e. The van der Waals surface area contributed by atoms with E-state index >= 15 is 0 Å². The Morgan fingerprint density at radius 3 is 2.93 bits per heavy atom. The van der Waals surface area contributed by atoms with Gasteiger partial charge in [0.15, 0.2) is 0 Å². The number of nitrogens with two attached hydrogens (primary N) is 1. The van der Waals surface area contributed by atoms with Crippen molar-refractivity contribution in [1.82, 2.24) is 9.78 Å². The van der Waals surface area contributed by atoms with Crippen molar-refractivity contribution in [2.45, 2.75) is 31.8 Å². The number of hydrogen-bond donors (Lipinski definition) is 1. The molecule has 1 aliphatic carbocycles. The summed E-state index contributed by atoms with van der Waals surface area (Å²) in [5, 5.41) is 5.60. The third-order valence-electron chi connectivity index (χ3n) is 3.31. The van der Waals surface area contributed by atoms with Crippen LogP contribution in [-0.4, -0.2) is 9.78 Å². The van der Waals surface area contributed by atoms with E-state index in [1.54, 1.807) is 0 Å². The van der Waals surface area contributed by atoms with Crippen LogP contribution in [0.15, 0.2) is 24.4 Å². The highest BCUT2D eigenvalue weighted by Gasteiger charge is 2.41. The fourth-order valence-electron chi connectivity index (χ4n) is 2.19. The second-order valence-corrected chi connectivity index (χ2v) is 4.35. The second-order valence-electron chi connectivity index (χ2n) is 4.35. The van der Waals surface area contributed by atoms with Crippen LogP contribution in [0.3, 0.4) is 0 Å². The highest BCUT2D eigenvalue weighted by Crippen LogP contribution is 2.45. The van der Waals surface area contributed by atoms with E-state index < -0.39 is 0 Å². The molecular weight excluding hydrogens is 186 g/mol. The molecule has 1 saturated carbocycles. The molecule has 1 aliphatic rings. The molecule has 0 atom stereocenters. The first-order valence-corrected chi connectivity index (χ1v) is 5.48. The maximum atomic E-state index is 6.25. The Kier molecular flexibility index (Phi) is 1.68. The Labute approximate surface area is 88.9 Å². The van der Waals surface area contributed by atoms with Gasteiger partial charge in [0.2, 0.25) is 0 Å². The maximum absolute atomic E-state index is 6.25. The van der Waals surface area contributed by atoms with Gasteiger partial charge in [-0.1, -0.05) is 12.1 Å². The normalized spacial score (nSPS) is 18.3. The van der Waals surface area contributed by atoms with Crippen molar-refractivity contribution in [1.29, 1.82) is 0 Å². The van der Waals surface area contributed by atoms with Gasteiger partial charge >= 0.3 is 0 Å². The molecule has 3 nitrogen and oxygen atoms in total. The van der Waals surface area contributed by atoms with Gasteiger partial charge in [0, 0.05) is 17.5 Å². The first kappa shape index (κ1) is 8.92. The molecule has 2 aromatic rings. The van der Waals surface area contributed by atoms with Gasteiger partial charge in [-0.25, -0.2) is 0 Å². The van der Waals surface area contributed by atoms with E-state index in [2.05, 4.69) is 30.2 Å². The lowest BCUT2D eigenvalue weighted by molar-refractivity contribution is 0.684. The number of aromatic nitrogens is 2. The first-order chi connectivity index (χ1) is 7.24. The highest BCUT2D eigenvalue weighted by atomic mass is 15.3. The molecule has 0 amide bonds. The zero-order valence-corrected chi connectivity index (χ0v) is 8.90. The van der Waals surface area contributed by atoms with Crippen LogP contribution in [0.2, 0.25) is 0 Å². The lowest BCUT2D eigenvalue weighted by atomic mass is 10.0. The average molecular weight is 201 g/mol. The van der Waals surface area contributed by atoms with Gasteiger partial charge in [0.25, 0.3) is 0 Å². The van der Waals surface area contributed by atoms with Gasteiger partial charge in [-0.15, -0.1) is 0 Å². The van der Waals surface area contributed by atoms with Crippen LogP contribution in [0.5, 0.6) is 0 Å². The summed E-state index contributed by atoms with van der Waals surface area (Å²) in [6.45, 7) is 3.01. The molecule has 78 valence electrons. The van der Waals surface area contributed by atoms with Gasteiger partial charge < -0.3 is 5.73 Å². The van der Waals surface area contributed by atoms with Crippen molar-refractivity contribution < 1.29 is 0 Å². The Bertz CT molecular complexity index is 509. The topological polar surface area (TPSA) is 43.8 Å². The van der Waals surface area contributed by atoms with E-state index in [0.29, 0.717) is 0 Å². The van der Waals surface area contributed by atoms with Crippen molar-refractivity contribution in [2.75, 3.05) is 0 Å². The van der Waals surface area contributed by atoms with Crippen LogP contribution in [0.25, 0.3) is 10.9 Å².